The molecule has 24 heavy (non-hydrogen) atoms. The van der Waals surface area contributed by atoms with Gasteiger partial charge in [0.25, 0.3) is 0 Å². The Kier molecular flexibility index (Phi) is 5.08. The van der Waals surface area contributed by atoms with Crippen LogP contribution in [-0.2, 0) is 4.74 Å². The Morgan fingerprint density at radius 1 is 0.958 bits per heavy atom. The minimum Gasteiger partial charge on any atom is -0.378 e. The lowest BCUT2D eigenvalue weighted by atomic mass is 10.2. The number of nitrogens with one attached hydrogen (secondary N) is 1. The quantitative estimate of drug-likeness (QED) is 0.788. The lowest BCUT2D eigenvalue weighted by molar-refractivity contribution is 0.122. The summed E-state index contributed by atoms with van der Waals surface area (Å²) >= 11 is 0. The van der Waals surface area contributed by atoms with Crippen molar-refractivity contribution in [3.8, 4) is 0 Å². The first-order valence-corrected chi connectivity index (χ1v) is 7.67. The molecule has 0 saturated carbocycles. The maximum atomic E-state index is 5.45. The minimum atomic E-state index is 0. The van der Waals surface area contributed by atoms with Crippen molar-refractivity contribution in [3.05, 3.63) is 48.8 Å². The molecule has 0 amide bonds. The van der Waals surface area contributed by atoms with Crippen molar-refractivity contribution in [3.63, 3.8) is 0 Å². The van der Waals surface area contributed by atoms with Gasteiger partial charge in [-0.15, -0.1) is 12.4 Å². The first kappa shape index (κ1) is 16.4. The van der Waals surface area contributed by atoms with E-state index in [1.165, 1.54) is 0 Å². The Labute approximate surface area is 146 Å². The number of hydrogen-bond donors (Lipinski definition) is 1. The number of para-hydroxylation sites is 1. The second-order valence-corrected chi connectivity index (χ2v) is 5.35. The summed E-state index contributed by atoms with van der Waals surface area (Å²) in [7, 11) is 0. The average Bonchev–Trinajstić information content (AvgIpc) is 2.63. The standard InChI is InChI=1S/C17H17N5O.ClH/c1-2-4-15-14(3-1)16(22-9-11-23-12-10-22)21-17(20-15)19-13-5-7-18-8-6-13;/h1-8H,9-12H2,(H,18,19,20,21);1H. The van der Waals surface area contributed by atoms with Crippen LogP contribution >= 0.6 is 12.4 Å². The van der Waals surface area contributed by atoms with Gasteiger partial charge in [-0.25, -0.2) is 4.98 Å². The lowest BCUT2D eigenvalue weighted by Crippen LogP contribution is -2.37. The van der Waals surface area contributed by atoms with Gasteiger partial charge in [-0.3, -0.25) is 4.98 Å². The molecule has 1 aliphatic heterocycles. The number of ether oxygens (including phenoxy) is 1. The van der Waals surface area contributed by atoms with Crippen LogP contribution in [-0.4, -0.2) is 41.3 Å². The van der Waals surface area contributed by atoms with E-state index in [1.54, 1.807) is 12.4 Å². The number of halogens is 1. The smallest absolute Gasteiger partial charge is 0.229 e. The molecule has 0 radical (unpaired) electrons. The van der Waals surface area contributed by atoms with Gasteiger partial charge in [0.2, 0.25) is 5.95 Å². The molecule has 0 spiro atoms. The molecule has 1 fully saturated rings. The molecular formula is C17H18ClN5O. The predicted molar refractivity (Wildman–Crippen MR) is 97.3 cm³/mol. The Morgan fingerprint density at radius 2 is 1.71 bits per heavy atom. The van der Waals surface area contributed by atoms with Gasteiger partial charge in [0, 0.05) is 36.6 Å². The van der Waals surface area contributed by atoms with E-state index in [9.17, 15) is 0 Å². The number of anilines is 3. The number of morpholine rings is 1. The predicted octanol–water partition coefficient (Wildman–Crippen LogP) is 3.03. The molecule has 3 heterocycles. The highest BCUT2D eigenvalue weighted by molar-refractivity contribution is 5.90. The Hall–Kier alpha value is -2.44. The molecule has 0 atom stereocenters. The summed E-state index contributed by atoms with van der Waals surface area (Å²) in [5, 5.41) is 4.32. The molecule has 7 heteroatoms. The third kappa shape index (κ3) is 3.39. The van der Waals surface area contributed by atoms with E-state index in [0.29, 0.717) is 5.95 Å². The van der Waals surface area contributed by atoms with Crippen molar-refractivity contribution in [1.82, 2.24) is 15.0 Å². The molecular weight excluding hydrogens is 326 g/mol. The highest BCUT2D eigenvalue weighted by Crippen LogP contribution is 2.26. The molecule has 4 rings (SSSR count). The normalized spacial score (nSPS) is 14.2. The van der Waals surface area contributed by atoms with Crippen molar-refractivity contribution in [2.75, 3.05) is 36.5 Å². The molecule has 0 unspecified atom stereocenters. The van der Waals surface area contributed by atoms with Crippen LogP contribution in [0.4, 0.5) is 17.5 Å². The van der Waals surface area contributed by atoms with Crippen molar-refractivity contribution < 1.29 is 4.74 Å². The van der Waals surface area contributed by atoms with Crippen LogP contribution in [0, 0.1) is 0 Å². The molecule has 6 nitrogen and oxygen atoms in total. The summed E-state index contributed by atoms with van der Waals surface area (Å²) in [4.78, 5) is 15.7. The fourth-order valence-electron chi connectivity index (χ4n) is 2.70. The monoisotopic (exact) mass is 343 g/mol. The van der Waals surface area contributed by atoms with Gasteiger partial charge >= 0.3 is 0 Å². The lowest BCUT2D eigenvalue weighted by Gasteiger charge is -2.29. The van der Waals surface area contributed by atoms with Crippen LogP contribution in [0.3, 0.4) is 0 Å². The van der Waals surface area contributed by atoms with E-state index in [0.717, 1.165) is 48.7 Å². The maximum Gasteiger partial charge on any atom is 0.229 e. The summed E-state index contributed by atoms with van der Waals surface area (Å²) in [5.41, 5.74) is 1.85. The first-order valence-electron chi connectivity index (χ1n) is 7.67. The van der Waals surface area contributed by atoms with E-state index in [2.05, 4.69) is 26.3 Å². The number of pyridine rings is 1. The molecule has 1 saturated heterocycles. The van der Waals surface area contributed by atoms with Crippen LogP contribution in [0.5, 0.6) is 0 Å². The molecule has 2 aromatic heterocycles. The minimum absolute atomic E-state index is 0. The van der Waals surface area contributed by atoms with E-state index in [1.807, 2.05) is 30.3 Å². The van der Waals surface area contributed by atoms with Crippen molar-refractivity contribution in [2.24, 2.45) is 0 Å². The van der Waals surface area contributed by atoms with Gasteiger partial charge in [-0.05, 0) is 24.3 Å². The Morgan fingerprint density at radius 3 is 2.50 bits per heavy atom. The number of fused-ring (bicyclic) bond motifs is 1. The first-order chi connectivity index (χ1) is 11.4. The SMILES string of the molecule is Cl.c1ccc2c(N3CCOCC3)nc(Nc3ccncc3)nc2c1. The zero-order chi connectivity index (χ0) is 15.5. The molecule has 3 aromatic rings. The Balaban J connectivity index is 0.00000169. The second-order valence-electron chi connectivity index (χ2n) is 5.35. The van der Waals surface area contributed by atoms with E-state index in [4.69, 9.17) is 9.72 Å². The fourth-order valence-corrected chi connectivity index (χ4v) is 2.70. The number of hydrogen-bond acceptors (Lipinski definition) is 6. The Bertz CT molecular complexity index is 808. The summed E-state index contributed by atoms with van der Waals surface area (Å²) in [5.74, 6) is 1.55. The summed E-state index contributed by atoms with van der Waals surface area (Å²) < 4.78 is 5.45. The van der Waals surface area contributed by atoms with Gasteiger partial charge in [0.1, 0.15) is 5.82 Å². The van der Waals surface area contributed by atoms with Crippen molar-refractivity contribution >= 4 is 40.8 Å². The highest BCUT2D eigenvalue weighted by Gasteiger charge is 2.17. The third-order valence-electron chi connectivity index (χ3n) is 3.83. The van der Waals surface area contributed by atoms with Crippen LogP contribution in [0.1, 0.15) is 0 Å². The number of benzene rings is 1. The number of nitrogens with zero attached hydrogens (tertiary/aromatic N) is 4. The molecule has 124 valence electrons. The molecule has 1 aromatic carbocycles. The van der Waals surface area contributed by atoms with Gasteiger partial charge in [0.05, 0.1) is 18.7 Å². The number of aromatic nitrogens is 3. The fraction of sp³-hybridized carbons (Fsp3) is 0.235. The van der Waals surface area contributed by atoms with E-state index in [-0.39, 0.29) is 12.4 Å². The van der Waals surface area contributed by atoms with Crippen LogP contribution in [0.2, 0.25) is 0 Å². The molecule has 0 bridgehead atoms. The van der Waals surface area contributed by atoms with Crippen molar-refractivity contribution in [1.29, 1.82) is 0 Å². The molecule has 0 aliphatic carbocycles. The van der Waals surface area contributed by atoms with Crippen LogP contribution in [0.25, 0.3) is 10.9 Å². The zero-order valence-corrected chi connectivity index (χ0v) is 13.9. The average molecular weight is 344 g/mol. The summed E-state index contributed by atoms with van der Waals surface area (Å²) in [6, 6.07) is 11.9. The van der Waals surface area contributed by atoms with Crippen molar-refractivity contribution in [2.45, 2.75) is 0 Å². The van der Waals surface area contributed by atoms with E-state index >= 15 is 0 Å². The van der Waals surface area contributed by atoms with Gasteiger partial charge in [-0.2, -0.15) is 4.98 Å². The summed E-state index contributed by atoms with van der Waals surface area (Å²) in [6.07, 6.45) is 3.48. The molecule has 1 aliphatic rings. The molecule has 1 N–H and O–H groups in total. The van der Waals surface area contributed by atoms with Gasteiger partial charge in [-0.1, -0.05) is 12.1 Å². The zero-order valence-electron chi connectivity index (χ0n) is 13.1. The van der Waals surface area contributed by atoms with E-state index < -0.39 is 0 Å². The summed E-state index contributed by atoms with van der Waals surface area (Å²) in [6.45, 7) is 3.14. The van der Waals surface area contributed by atoms with Crippen LogP contribution < -0.4 is 10.2 Å². The van der Waals surface area contributed by atoms with Gasteiger partial charge < -0.3 is 15.0 Å². The van der Waals surface area contributed by atoms with Crippen LogP contribution in [0.15, 0.2) is 48.8 Å². The second kappa shape index (κ2) is 7.42. The highest BCUT2D eigenvalue weighted by atomic mass is 35.5. The maximum absolute atomic E-state index is 5.45. The largest absolute Gasteiger partial charge is 0.378 e. The van der Waals surface area contributed by atoms with Gasteiger partial charge in [0.15, 0.2) is 0 Å². The number of rotatable bonds is 3. The topological polar surface area (TPSA) is 63.2 Å². The third-order valence-corrected chi connectivity index (χ3v) is 3.83.